The Morgan fingerprint density at radius 3 is 3.00 bits per heavy atom. The summed E-state index contributed by atoms with van der Waals surface area (Å²) in [5.41, 5.74) is 1.24. The highest BCUT2D eigenvalue weighted by molar-refractivity contribution is 5.87. The van der Waals surface area contributed by atoms with Gasteiger partial charge in [0.15, 0.2) is 0 Å². The first-order chi connectivity index (χ1) is 9.69. The maximum Gasteiger partial charge on any atom is 0.335 e. The highest BCUT2D eigenvalue weighted by Gasteiger charge is 2.03. The second-order valence-electron chi connectivity index (χ2n) is 4.10. The van der Waals surface area contributed by atoms with E-state index in [2.05, 4.69) is 15.3 Å². The molecule has 20 heavy (non-hydrogen) atoms. The molecule has 0 saturated heterocycles. The SMILES string of the molecule is COc1ccnc(NCCc2cccc(C(=O)O)c2)n1. The van der Waals surface area contributed by atoms with E-state index < -0.39 is 5.97 Å². The smallest absolute Gasteiger partial charge is 0.335 e. The molecule has 0 aliphatic heterocycles. The number of rotatable bonds is 6. The third kappa shape index (κ3) is 3.68. The molecule has 2 N–H and O–H groups in total. The zero-order valence-corrected chi connectivity index (χ0v) is 11.0. The van der Waals surface area contributed by atoms with Crippen LogP contribution in [0.5, 0.6) is 5.88 Å². The molecule has 0 aliphatic carbocycles. The fraction of sp³-hybridized carbons (Fsp3) is 0.214. The van der Waals surface area contributed by atoms with Crippen LogP contribution in [0.2, 0.25) is 0 Å². The van der Waals surface area contributed by atoms with Crippen molar-refractivity contribution in [1.29, 1.82) is 0 Å². The van der Waals surface area contributed by atoms with Gasteiger partial charge in [-0.1, -0.05) is 12.1 Å². The number of anilines is 1. The summed E-state index contributed by atoms with van der Waals surface area (Å²) in [4.78, 5) is 19.1. The van der Waals surface area contributed by atoms with Gasteiger partial charge in [0.1, 0.15) is 0 Å². The Hall–Kier alpha value is -2.63. The van der Waals surface area contributed by atoms with Crippen molar-refractivity contribution >= 4 is 11.9 Å². The van der Waals surface area contributed by atoms with Crippen molar-refractivity contribution in [3.05, 3.63) is 47.7 Å². The first-order valence-electron chi connectivity index (χ1n) is 6.12. The Balaban J connectivity index is 1.92. The molecule has 1 heterocycles. The lowest BCUT2D eigenvalue weighted by atomic mass is 10.1. The Kier molecular flexibility index (Phi) is 4.49. The van der Waals surface area contributed by atoms with Gasteiger partial charge < -0.3 is 15.2 Å². The highest BCUT2D eigenvalue weighted by Crippen LogP contribution is 2.09. The lowest BCUT2D eigenvalue weighted by Gasteiger charge is -2.06. The number of hydrogen-bond donors (Lipinski definition) is 2. The molecule has 0 saturated carbocycles. The second-order valence-corrected chi connectivity index (χ2v) is 4.10. The molecule has 0 aliphatic rings. The van der Waals surface area contributed by atoms with Crippen LogP contribution >= 0.6 is 0 Å². The van der Waals surface area contributed by atoms with E-state index in [4.69, 9.17) is 9.84 Å². The van der Waals surface area contributed by atoms with E-state index in [1.54, 1.807) is 37.6 Å². The average molecular weight is 273 g/mol. The average Bonchev–Trinajstić information content (AvgIpc) is 2.48. The van der Waals surface area contributed by atoms with Crippen LogP contribution < -0.4 is 10.1 Å². The number of nitrogens with zero attached hydrogens (tertiary/aromatic N) is 2. The molecule has 1 aromatic carbocycles. The molecule has 2 aromatic rings. The topological polar surface area (TPSA) is 84.3 Å². The van der Waals surface area contributed by atoms with Gasteiger partial charge in [-0.05, 0) is 24.1 Å². The number of carbonyl (C=O) groups is 1. The molecular weight excluding hydrogens is 258 g/mol. The van der Waals surface area contributed by atoms with E-state index in [9.17, 15) is 4.79 Å². The molecule has 6 nitrogen and oxygen atoms in total. The summed E-state index contributed by atoms with van der Waals surface area (Å²) in [5.74, 6) is 0.0602. The number of hydrogen-bond acceptors (Lipinski definition) is 5. The summed E-state index contributed by atoms with van der Waals surface area (Å²) in [6.07, 6.45) is 2.29. The number of aromatic nitrogens is 2. The predicted octanol–water partition coefficient (Wildman–Crippen LogP) is 1.84. The van der Waals surface area contributed by atoms with Gasteiger partial charge in [0, 0.05) is 18.8 Å². The van der Waals surface area contributed by atoms with Crippen LogP contribution in [0.1, 0.15) is 15.9 Å². The first kappa shape index (κ1) is 13.8. The van der Waals surface area contributed by atoms with Gasteiger partial charge in [0.2, 0.25) is 11.8 Å². The van der Waals surface area contributed by atoms with Crippen molar-refractivity contribution < 1.29 is 14.6 Å². The van der Waals surface area contributed by atoms with E-state index >= 15 is 0 Å². The van der Waals surface area contributed by atoms with Crippen molar-refractivity contribution in [1.82, 2.24) is 9.97 Å². The largest absolute Gasteiger partial charge is 0.481 e. The molecule has 0 amide bonds. The molecule has 1 aromatic heterocycles. The zero-order chi connectivity index (χ0) is 14.4. The van der Waals surface area contributed by atoms with Gasteiger partial charge in [-0.15, -0.1) is 0 Å². The van der Waals surface area contributed by atoms with Crippen LogP contribution in [0.3, 0.4) is 0 Å². The van der Waals surface area contributed by atoms with Crippen molar-refractivity contribution in [2.45, 2.75) is 6.42 Å². The van der Waals surface area contributed by atoms with Crippen molar-refractivity contribution in [3.63, 3.8) is 0 Å². The maximum absolute atomic E-state index is 10.9. The van der Waals surface area contributed by atoms with E-state index in [0.29, 0.717) is 30.4 Å². The minimum Gasteiger partial charge on any atom is -0.481 e. The van der Waals surface area contributed by atoms with Crippen LogP contribution in [-0.4, -0.2) is 34.7 Å². The first-order valence-corrected chi connectivity index (χ1v) is 6.12. The van der Waals surface area contributed by atoms with Crippen molar-refractivity contribution in [3.8, 4) is 5.88 Å². The zero-order valence-electron chi connectivity index (χ0n) is 11.0. The van der Waals surface area contributed by atoms with Gasteiger partial charge in [0.25, 0.3) is 0 Å². The summed E-state index contributed by atoms with van der Waals surface area (Å²) in [6, 6.07) is 8.53. The number of ether oxygens (including phenoxy) is 1. The molecule has 0 radical (unpaired) electrons. The summed E-state index contributed by atoms with van der Waals surface area (Å²) >= 11 is 0. The molecule has 6 heteroatoms. The molecule has 0 atom stereocenters. The summed E-state index contributed by atoms with van der Waals surface area (Å²) in [5, 5.41) is 12.0. The van der Waals surface area contributed by atoms with E-state index in [1.165, 1.54) is 0 Å². The Bertz CT molecular complexity index is 602. The molecule has 104 valence electrons. The lowest BCUT2D eigenvalue weighted by molar-refractivity contribution is 0.0696. The third-order valence-corrected chi connectivity index (χ3v) is 2.71. The number of nitrogens with one attached hydrogen (secondary N) is 1. The monoisotopic (exact) mass is 273 g/mol. The predicted molar refractivity (Wildman–Crippen MR) is 74.2 cm³/mol. The normalized spacial score (nSPS) is 10.1. The number of carboxylic acid groups (broad SMARTS) is 1. The Labute approximate surface area is 116 Å². The Morgan fingerprint density at radius 2 is 2.25 bits per heavy atom. The summed E-state index contributed by atoms with van der Waals surface area (Å²) < 4.78 is 5.01. The lowest BCUT2D eigenvalue weighted by Crippen LogP contribution is -2.08. The molecule has 2 rings (SSSR count). The quantitative estimate of drug-likeness (QED) is 0.835. The minimum absolute atomic E-state index is 0.292. The molecule has 0 spiro atoms. The minimum atomic E-state index is -0.920. The second kappa shape index (κ2) is 6.51. The van der Waals surface area contributed by atoms with Gasteiger partial charge in [0.05, 0.1) is 12.7 Å². The van der Waals surface area contributed by atoms with Gasteiger partial charge in [-0.25, -0.2) is 9.78 Å². The van der Waals surface area contributed by atoms with Crippen LogP contribution in [-0.2, 0) is 6.42 Å². The van der Waals surface area contributed by atoms with Gasteiger partial charge in [-0.3, -0.25) is 0 Å². The highest BCUT2D eigenvalue weighted by atomic mass is 16.5. The molecule has 0 unspecified atom stereocenters. The molecule has 0 fully saturated rings. The van der Waals surface area contributed by atoms with Gasteiger partial charge in [-0.2, -0.15) is 4.98 Å². The number of methoxy groups -OCH3 is 1. The van der Waals surface area contributed by atoms with Crippen molar-refractivity contribution in [2.24, 2.45) is 0 Å². The molecule has 0 bridgehead atoms. The third-order valence-electron chi connectivity index (χ3n) is 2.71. The fourth-order valence-electron chi connectivity index (χ4n) is 1.72. The van der Waals surface area contributed by atoms with E-state index in [-0.39, 0.29) is 0 Å². The van der Waals surface area contributed by atoms with Crippen LogP contribution in [0.25, 0.3) is 0 Å². The van der Waals surface area contributed by atoms with Crippen LogP contribution in [0.4, 0.5) is 5.95 Å². The van der Waals surface area contributed by atoms with Crippen LogP contribution in [0.15, 0.2) is 36.5 Å². The van der Waals surface area contributed by atoms with Crippen LogP contribution in [0, 0.1) is 0 Å². The van der Waals surface area contributed by atoms with Gasteiger partial charge >= 0.3 is 5.97 Å². The molecular formula is C14H15N3O3. The fourth-order valence-corrected chi connectivity index (χ4v) is 1.72. The van der Waals surface area contributed by atoms with E-state index in [1.807, 2.05) is 6.07 Å². The van der Waals surface area contributed by atoms with E-state index in [0.717, 1.165) is 5.56 Å². The standard InChI is InChI=1S/C14H15N3O3/c1-20-12-6-8-16-14(17-12)15-7-5-10-3-2-4-11(9-10)13(18)19/h2-4,6,8-9H,5,7H2,1H3,(H,18,19)(H,15,16,17). The number of aromatic carboxylic acids is 1. The van der Waals surface area contributed by atoms with Crippen molar-refractivity contribution in [2.75, 3.05) is 19.0 Å². The summed E-state index contributed by atoms with van der Waals surface area (Å²) in [7, 11) is 1.55. The number of carboxylic acids is 1. The maximum atomic E-state index is 10.9. The summed E-state index contributed by atoms with van der Waals surface area (Å²) in [6.45, 7) is 0.607. The Morgan fingerprint density at radius 1 is 1.40 bits per heavy atom. The number of benzene rings is 1.